The van der Waals surface area contributed by atoms with Crippen molar-refractivity contribution < 1.29 is 10.2 Å². The van der Waals surface area contributed by atoms with E-state index in [4.69, 9.17) is 33.1 Å². The first-order valence-corrected chi connectivity index (χ1v) is 16.2. The first kappa shape index (κ1) is 50.3. The maximum Gasteiger partial charge on any atom is 0.140 e. The molecule has 2 aromatic heterocycles. The molecule has 0 aromatic carbocycles. The second-order valence-electron chi connectivity index (χ2n) is 8.03. The summed E-state index contributed by atoms with van der Waals surface area (Å²) >= 11 is 0. The lowest BCUT2D eigenvalue weighted by molar-refractivity contribution is 0.166. The normalized spacial score (nSPS) is 13.6. The van der Waals surface area contributed by atoms with E-state index in [-0.39, 0.29) is 35.6 Å². The maximum atomic E-state index is 9.47. The van der Waals surface area contributed by atoms with Crippen LogP contribution in [0.1, 0.15) is 140 Å². The van der Waals surface area contributed by atoms with Gasteiger partial charge in [0.05, 0.1) is 23.3 Å². The molecule has 1 aliphatic rings. The Kier molecular flexibility index (Phi) is 39.0. The fourth-order valence-electron chi connectivity index (χ4n) is 3.25. The van der Waals surface area contributed by atoms with Crippen LogP contribution < -0.4 is 22.5 Å². The van der Waals surface area contributed by atoms with E-state index in [0.717, 1.165) is 25.7 Å². The number of hydrogen-bond acceptors (Lipinski definition) is 12. The summed E-state index contributed by atoms with van der Waals surface area (Å²) in [5, 5.41) is 36.3. The van der Waals surface area contributed by atoms with Crippen LogP contribution in [0.2, 0.25) is 0 Å². The highest BCUT2D eigenvalue weighted by molar-refractivity contribution is 6.04. The minimum absolute atomic E-state index is 0.0648. The molecule has 0 aliphatic heterocycles. The Hall–Kier alpha value is -3.38. The summed E-state index contributed by atoms with van der Waals surface area (Å²) in [6, 6.07) is 0.192. The Balaban J connectivity index is -0.000000163. The summed E-state index contributed by atoms with van der Waals surface area (Å²) < 4.78 is 0. The third kappa shape index (κ3) is 22.2. The van der Waals surface area contributed by atoms with Crippen molar-refractivity contribution in [2.75, 3.05) is 22.5 Å². The monoisotopic (exact) mass is 625 g/mol. The zero-order chi connectivity index (χ0) is 35.8. The van der Waals surface area contributed by atoms with Crippen LogP contribution in [-0.2, 0) is 0 Å². The second kappa shape index (κ2) is 34.1. The van der Waals surface area contributed by atoms with Crippen LogP contribution in [0.15, 0.2) is 12.7 Å². The molecule has 1 aliphatic carbocycles. The van der Waals surface area contributed by atoms with Gasteiger partial charge in [0, 0.05) is 17.5 Å². The molecule has 2 atom stereocenters. The standard InChI is InChI=1S/C11H17N5O.C6H9N5.C5H12O.5C2H6/c1-6(12)9-10(13)14-5-15-11(9)16-7-2-3-8(17)4-7;1-3(7)4-5(8)10-2-11-6(4)9;1-3-5(6)4-2;5*1-2/h5,7-8,12,17H,2-4H2,1H3,(H3,13,14,15,16);2,7H,1H3,(H4,8,9,10,11);5-6H,3-4H2,1-2H3;5*1-2H3. The number of nitrogens with zero attached hydrogens (tertiary/aromatic N) is 4. The molecule has 2 aromatic rings. The number of aliphatic hydroxyl groups is 2. The molecule has 11 N–H and O–H groups in total. The van der Waals surface area contributed by atoms with Crippen LogP contribution in [0, 0.1) is 10.8 Å². The maximum absolute atomic E-state index is 9.47. The van der Waals surface area contributed by atoms with Crippen LogP contribution in [0.25, 0.3) is 0 Å². The SMILES string of the molecule is CC.CC.CC.CC.CC.CC(=N)c1c(N)ncnc1N.CC(=N)c1c(N)ncnc1NC1CCC(O)C1.CCC(O)CC. The number of nitrogens with one attached hydrogen (secondary N) is 3. The fraction of sp³-hybridized carbons (Fsp3) is 0.688. The highest BCUT2D eigenvalue weighted by Gasteiger charge is 2.24. The van der Waals surface area contributed by atoms with E-state index < -0.39 is 0 Å². The van der Waals surface area contributed by atoms with Crippen molar-refractivity contribution in [2.45, 2.75) is 147 Å². The molecule has 12 heteroatoms. The largest absolute Gasteiger partial charge is 0.393 e. The number of aliphatic hydroxyl groups excluding tert-OH is 2. The molecule has 0 amide bonds. The highest BCUT2D eigenvalue weighted by Crippen LogP contribution is 2.25. The summed E-state index contributed by atoms with van der Waals surface area (Å²) in [5.74, 6) is 1.41. The molecule has 2 heterocycles. The van der Waals surface area contributed by atoms with Gasteiger partial charge in [0.25, 0.3) is 0 Å². The Morgan fingerprint density at radius 3 is 1.39 bits per heavy atom. The summed E-state index contributed by atoms with van der Waals surface area (Å²) in [7, 11) is 0. The number of hydrogen-bond donors (Lipinski definition) is 8. The molecule has 258 valence electrons. The van der Waals surface area contributed by atoms with Gasteiger partial charge in [0.15, 0.2) is 0 Å². The van der Waals surface area contributed by atoms with Crippen LogP contribution in [0.4, 0.5) is 23.3 Å². The van der Waals surface area contributed by atoms with Gasteiger partial charge in [-0.25, -0.2) is 19.9 Å². The van der Waals surface area contributed by atoms with Crippen molar-refractivity contribution in [1.29, 1.82) is 10.8 Å². The molecule has 3 rings (SSSR count). The Morgan fingerprint density at radius 1 is 0.750 bits per heavy atom. The number of anilines is 4. The summed E-state index contributed by atoms with van der Waals surface area (Å²) in [4.78, 5) is 15.4. The van der Waals surface area contributed by atoms with E-state index in [1.165, 1.54) is 12.7 Å². The zero-order valence-electron chi connectivity index (χ0n) is 30.3. The second-order valence-corrected chi connectivity index (χ2v) is 8.03. The molecule has 2 unspecified atom stereocenters. The predicted octanol–water partition coefficient (Wildman–Crippen LogP) is 7.10. The lowest BCUT2D eigenvalue weighted by Gasteiger charge is -2.16. The minimum Gasteiger partial charge on any atom is -0.393 e. The Labute approximate surface area is 269 Å². The molecule has 12 nitrogen and oxygen atoms in total. The van der Waals surface area contributed by atoms with Gasteiger partial charge in [-0.2, -0.15) is 0 Å². The van der Waals surface area contributed by atoms with Crippen LogP contribution >= 0.6 is 0 Å². The summed E-state index contributed by atoms with van der Waals surface area (Å²) in [5.41, 5.74) is 18.2. The van der Waals surface area contributed by atoms with E-state index in [9.17, 15) is 5.11 Å². The fourth-order valence-corrected chi connectivity index (χ4v) is 3.25. The molecule has 0 radical (unpaired) electrons. The number of nitrogen functional groups attached to an aromatic ring is 3. The summed E-state index contributed by atoms with van der Waals surface area (Å²) in [6.07, 6.45) is 6.54. The Morgan fingerprint density at radius 2 is 1.11 bits per heavy atom. The molecule has 1 fully saturated rings. The predicted molar refractivity (Wildman–Crippen MR) is 193 cm³/mol. The van der Waals surface area contributed by atoms with Crippen molar-refractivity contribution in [3.05, 3.63) is 23.8 Å². The third-order valence-electron chi connectivity index (χ3n) is 5.22. The molecule has 0 saturated heterocycles. The first-order valence-electron chi connectivity index (χ1n) is 16.2. The van der Waals surface area contributed by atoms with Gasteiger partial charge in [0.1, 0.15) is 35.9 Å². The van der Waals surface area contributed by atoms with E-state index >= 15 is 0 Å². The molecule has 44 heavy (non-hydrogen) atoms. The van der Waals surface area contributed by atoms with Gasteiger partial charge >= 0.3 is 0 Å². The van der Waals surface area contributed by atoms with Crippen LogP contribution in [0.5, 0.6) is 0 Å². The highest BCUT2D eigenvalue weighted by atomic mass is 16.3. The number of rotatable bonds is 6. The third-order valence-corrected chi connectivity index (χ3v) is 5.22. The summed E-state index contributed by atoms with van der Waals surface area (Å²) in [6.45, 7) is 27.2. The van der Waals surface area contributed by atoms with Gasteiger partial charge in [-0.05, 0) is 46.0 Å². The smallest absolute Gasteiger partial charge is 0.140 e. The average Bonchev–Trinajstić information content (AvgIpc) is 3.46. The molecule has 1 saturated carbocycles. The molecule has 0 bridgehead atoms. The van der Waals surface area contributed by atoms with E-state index in [2.05, 4.69) is 25.3 Å². The van der Waals surface area contributed by atoms with E-state index in [1.807, 2.05) is 83.1 Å². The van der Waals surface area contributed by atoms with Crippen LogP contribution in [-0.4, -0.2) is 59.8 Å². The minimum atomic E-state index is -0.240. The van der Waals surface area contributed by atoms with Gasteiger partial charge in [-0.3, -0.25) is 0 Å². The number of nitrogens with two attached hydrogens (primary N) is 3. The molecular formula is C32H68N10O2. The van der Waals surface area contributed by atoms with Crippen molar-refractivity contribution >= 4 is 34.7 Å². The van der Waals surface area contributed by atoms with E-state index in [1.54, 1.807) is 13.8 Å². The van der Waals surface area contributed by atoms with Crippen molar-refractivity contribution in [1.82, 2.24) is 19.9 Å². The topological polar surface area (TPSA) is 230 Å². The van der Waals surface area contributed by atoms with Gasteiger partial charge in [-0.1, -0.05) is 83.1 Å². The lowest BCUT2D eigenvalue weighted by atomic mass is 10.1. The first-order chi connectivity index (χ1) is 21.0. The van der Waals surface area contributed by atoms with E-state index in [0.29, 0.717) is 34.9 Å². The van der Waals surface area contributed by atoms with Gasteiger partial charge < -0.3 is 43.5 Å². The van der Waals surface area contributed by atoms with Gasteiger partial charge in [-0.15, -0.1) is 0 Å². The quantitative estimate of drug-likeness (QED) is 0.152. The molecule has 0 spiro atoms. The van der Waals surface area contributed by atoms with Crippen molar-refractivity contribution in [3.63, 3.8) is 0 Å². The molecular weight excluding hydrogens is 556 g/mol. The van der Waals surface area contributed by atoms with Crippen molar-refractivity contribution in [2.24, 2.45) is 0 Å². The zero-order valence-corrected chi connectivity index (χ0v) is 30.3. The lowest BCUT2D eigenvalue weighted by Crippen LogP contribution is -2.20. The average molecular weight is 625 g/mol. The number of aromatic nitrogens is 4. The van der Waals surface area contributed by atoms with Crippen LogP contribution in [0.3, 0.4) is 0 Å². The van der Waals surface area contributed by atoms with Gasteiger partial charge in [0.2, 0.25) is 0 Å². The Bertz CT molecular complexity index is 934. The van der Waals surface area contributed by atoms with Crippen molar-refractivity contribution in [3.8, 4) is 0 Å².